The van der Waals surface area contributed by atoms with Crippen LogP contribution < -0.4 is 4.74 Å². The van der Waals surface area contributed by atoms with E-state index in [9.17, 15) is 4.39 Å². The van der Waals surface area contributed by atoms with Crippen molar-refractivity contribution in [3.63, 3.8) is 0 Å². The summed E-state index contributed by atoms with van der Waals surface area (Å²) in [6.45, 7) is 15.3. The predicted octanol–water partition coefficient (Wildman–Crippen LogP) is 7.89. The third-order valence-corrected chi connectivity index (χ3v) is 5.02. The van der Waals surface area contributed by atoms with E-state index in [1.807, 2.05) is 30.3 Å². The second-order valence-corrected chi connectivity index (χ2v) is 7.31. The molecule has 3 rings (SSSR count). The largest absolute Gasteiger partial charge is 0.494 e. The number of hydrogen-bond donors (Lipinski definition) is 0. The number of hydrogen-bond acceptors (Lipinski definition) is 2. The highest BCUT2D eigenvalue weighted by atomic mass is 19.1. The predicted molar refractivity (Wildman–Crippen MR) is 131 cm³/mol. The van der Waals surface area contributed by atoms with E-state index in [1.54, 1.807) is 30.3 Å². The van der Waals surface area contributed by atoms with Gasteiger partial charge in [0.1, 0.15) is 23.1 Å². The van der Waals surface area contributed by atoms with Crippen molar-refractivity contribution in [2.45, 2.75) is 12.8 Å². The van der Waals surface area contributed by atoms with E-state index in [0.717, 1.165) is 29.5 Å². The Morgan fingerprint density at radius 3 is 2.03 bits per heavy atom. The Balaban J connectivity index is 1.65. The zero-order chi connectivity index (χ0) is 22.9. The van der Waals surface area contributed by atoms with Gasteiger partial charge in [0, 0.05) is 5.56 Å². The van der Waals surface area contributed by atoms with Crippen LogP contribution in [-0.4, -0.2) is 6.61 Å². The highest BCUT2D eigenvalue weighted by Crippen LogP contribution is 2.29. The summed E-state index contributed by atoms with van der Waals surface area (Å²) < 4.78 is 25.8. The molecule has 0 atom stereocenters. The molecule has 3 aromatic rings. The molecule has 0 saturated carbocycles. The zero-order valence-corrected chi connectivity index (χ0v) is 18.1. The van der Waals surface area contributed by atoms with E-state index in [4.69, 9.17) is 9.47 Å². The monoisotopic (exact) mass is 426 g/mol. The van der Waals surface area contributed by atoms with Crippen LogP contribution in [0.15, 0.2) is 117 Å². The SMILES string of the molecule is C=CC(=C)OCCCc1ccc(-c2ccc(-c3ccc(OC(=C)C=C)cc3)c(F)c2)cc1. The van der Waals surface area contributed by atoms with Gasteiger partial charge in [0.05, 0.1) is 6.61 Å². The molecule has 0 aromatic heterocycles. The first-order chi connectivity index (χ1) is 15.5. The minimum absolute atomic E-state index is 0.268. The first-order valence-corrected chi connectivity index (χ1v) is 10.4. The third kappa shape index (κ3) is 6.08. The molecular weight excluding hydrogens is 399 g/mol. The second kappa shape index (κ2) is 11.0. The Bertz CT molecular complexity index is 1110. The smallest absolute Gasteiger partial charge is 0.131 e. The molecule has 0 radical (unpaired) electrons. The molecule has 0 aliphatic rings. The average Bonchev–Trinajstić information content (AvgIpc) is 2.82. The summed E-state index contributed by atoms with van der Waals surface area (Å²) in [5, 5.41) is 0. The van der Waals surface area contributed by atoms with Gasteiger partial charge in [-0.3, -0.25) is 0 Å². The molecule has 3 aromatic carbocycles. The lowest BCUT2D eigenvalue weighted by atomic mass is 9.98. The van der Waals surface area contributed by atoms with Gasteiger partial charge in [0.25, 0.3) is 0 Å². The number of aryl methyl sites for hydroxylation is 1. The summed E-state index contributed by atoms with van der Waals surface area (Å²) >= 11 is 0. The van der Waals surface area contributed by atoms with E-state index in [1.165, 1.54) is 11.6 Å². The van der Waals surface area contributed by atoms with Crippen molar-refractivity contribution in [1.82, 2.24) is 0 Å². The summed E-state index contributed by atoms with van der Waals surface area (Å²) in [6.07, 6.45) is 4.93. The number of benzene rings is 3. The molecule has 3 heteroatoms. The molecule has 0 spiro atoms. The van der Waals surface area contributed by atoms with Crippen LogP contribution in [0.5, 0.6) is 5.75 Å². The molecule has 162 valence electrons. The van der Waals surface area contributed by atoms with E-state index in [2.05, 4.69) is 38.4 Å². The van der Waals surface area contributed by atoms with Crippen molar-refractivity contribution in [3.8, 4) is 28.0 Å². The average molecular weight is 427 g/mol. The zero-order valence-electron chi connectivity index (χ0n) is 18.1. The number of allylic oxidation sites excluding steroid dienone is 2. The fourth-order valence-corrected chi connectivity index (χ4v) is 3.23. The maximum atomic E-state index is 14.9. The Morgan fingerprint density at radius 1 is 0.781 bits per heavy atom. The van der Waals surface area contributed by atoms with Crippen LogP contribution in [0.1, 0.15) is 12.0 Å². The standard InChI is InChI=1S/C29H27FO2/c1-5-21(3)31-19-7-8-23-9-11-24(12-10-23)26-15-18-28(29(30)20-26)25-13-16-27(17-14-25)32-22(4)6-2/h5-6,9-18,20H,1-4,7-8,19H2. The van der Waals surface area contributed by atoms with Gasteiger partial charge in [0.2, 0.25) is 0 Å². The van der Waals surface area contributed by atoms with Crippen LogP contribution in [-0.2, 0) is 11.2 Å². The van der Waals surface area contributed by atoms with Crippen LogP contribution in [0.4, 0.5) is 4.39 Å². The van der Waals surface area contributed by atoms with Crippen molar-refractivity contribution in [2.24, 2.45) is 0 Å². The lowest BCUT2D eigenvalue weighted by molar-refractivity contribution is 0.222. The first-order valence-electron chi connectivity index (χ1n) is 10.4. The fraction of sp³-hybridized carbons (Fsp3) is 0.103. The van der Waals surface area contributed by atoms with Gasteiger partial charge in [-0.2, -0.15) is 0 Å². The molecule has 32 heavy (non-hydrogen) atoms. The summed E-state index contributed by atoms with van der Waals surface area (Å²) in [4.78, 5) is 0. The fourth-order valence-electron chi connectivity index (χ4n) is 3.23. The van der Waals surface area contributed by atoms with E-state index >= 15 is 0 Å². The quantitative estimate of drug-likeness (QED) is 0.176. The highest BCUT2D eigenvalue weighted by molar-refractivity contribution is 5.71. The van der Waals surface area contributed by atoms with Crippen LogP contribution >= 0.6 is 0 Å². The molecular formula is C29H27FO2. The van der Waals surface area contributed by atoms with Gasteiger partial charge in [-0.25, -0.2) is 4.39 Å². The summed E-state index contributed by atoms with van der Waals surface area (Å²) in [5.41, 5.74) is 4.34. The van der Waals surface area contributed by atoms with Crippen LogP contribution in [0, 0.1) is 5.82 Å². The third-order valence-electron chi connectivity index (χ3n) is 5.02. The summed E-state index contributed by atoms with van der Waals surface area (Å²) in [5.74, 6) is 1.42. The van der Waals surface area contributed by atoms with Gasteiger partial charge in [-0.05, 0) is 65.4 Å². The molecule has 0 saturated heterocycles. The van der Waals surface area contributed by atoms with E-state index in [-0.39, 0.29) is 5.82 Å². The normalized spacial score (nSPS) is 10.3. The van der Waals surface area contributed by atoms with Crippen molar-refractivity contribution >= 4 is 0 Å². The van der Waals surface area contributed by atoms with Gasteiger partial charge in [0.15, 0.2) is 0 Å². The molecule has 0 N–H and O–H groups in total. The van der Waals surface area contributed by atoms with Gasteiger partial charge in [-0.15, -0.1) is 0 Å². The van der Waals surface area contributed by atoms with Crippen molar-refractivity contribution < 1.29 is 13.9 Å². The summed E-state index contributed by atoms with van der Waals surface area (Å²) in [6, 6.07) is 20.7. The number of ether oxygens (including phenoxy) is 2. The minimum atomic E-state index is -0.268. The van der Waals surface area contributed by atoms with Gasteiger partial charge >= 0.3 is 0 Å². The van der Waals surface area contributed by atoms with Crippen LogP contribution in [0.2, 0.25) is 0 Å². The van der Waals surface area contributed by atoms with Crippen molar-refractivity contribution in [3.05, 3.63) is 128 Å². The molecule has 0 amide bonds. The Kier molecular flexibility index (Phi) is 7.82. The number of rotatable bonds is 11. The minimum Gasteiger partial charge on any atom is -0.494 e. The van der Waals surface area contributed by atoms with Gasteiger partial charge in [-0.1, -0.05) is 74.8 Å². The molecule has 2 nitrogen and oxygen atoms in total. The van der Waals surface area contributed by atoms with Crippen molar-refractivity contribution in [2.75, 3.05) is 6.61 Å². The first kappa shape index (κ1) is 22.8. The van der Waals surface area contributed by atoms with Crippen LogP contribution in [0.25, 0.3) is 22.3 Å². The van der Waals surface area contributed by atoms with E-state index in [0.29, 0.717) is 29.4 Å². The van der Waals surface area contributed by atoms with Gasteiger partial charge < -0.3 is 9.47 Å². The molecule has 0 aliphatic heterocycles. The molecule has 0 aliphatic carbocycles. The number of halogens is 1. The van der Waals surface area contributed by atoms with Crippen LogP contribution in [0.3, 0.4) is 0 Å². The molecule has 0 bridgehead atoms. The molecule has 0 fully saturated rings. The van der Waals surface area contributed by atoms with Crippen molar-refractivity contribution in [1.29, 1.82) is 0 Å². The Morgan fingerprint density at radius 2 is 1.41 bits per heavy atom. The molecule has 0 heterocycles. The Labute approximate surface area is 189 Å². The molecule has 0 unspecified atom stereocenters. The lowest BCUT2D eigenvalue weighted by Crippen LogP contribution is -1.95. The maximum Gasteiger partial charge on any atom is 0.131 e. The Hall–Kier alpha value is -3.85. The topological polar surface area (TPSA) is 18.5 Å². The summed E-state index contributed by atoms with van der Waals surface area (Å²) in [7, 11) is 0. The second-order valence-electron chi connectivity index (χ2n) is 7.31. The highest BCUT2D eigenvalue weighted by Gasteiger charge is 2.08. The lowest BCUT2D eigenvalue weighted by Gasteiger charge is -2.10. The van der Waals surface area contributed by atoms with E-state index < -0.39 is 0 Å². The maximum absolute atomic E-state index is 14.9.